The van der Waals surface area contributed by atoms with E-state index in [1.54, 1.807) is 36.4 Å². The molecule has 0 aromatic heterocycles. The Balaban J connectivity index is 1.94. The monoisotopic (exact) mass is 624 g/mol. The van der Waals surface area contributed by atoms with Gasteiger partial charge in [0.05, 0.1) is 14.5 Å². The predicted octanol–water partition coefficient (Wildman–Crippen LogP) is 7.34. The minimum absolute atomic E-state index is 0.0472. The first-order valence-corrected chi connectivity index (χ1v) is 13.8. The molecule has 2 amide bonds. The molecule has 0 heterocycles. The Hall–Kier alpha value is -2.25. The van der Waals surface area contributed by atoms with Gasteiger partial charge in [-0.1, -0.05) is 78.1 Å². The molecular weight excluding hydrogens is 599 g/mol. The van der Waals surface area contributed by atoms with Crippen molar-refractivity contribution in [2.75, 3.05) is 6.61 Å². The highest BCUT2D eigenvalue weighted by atomic mass is 79.9. The molecule has 1 N–H and O–H groups in total. The molecule has 0 fully saturated rings. The summed E-state index contributed by atoms with van der Waals surface area (Å²) in [6, 6.07) is 19.0. The zero-order valence-corrected chi connectivity index (χ0v) is 24.4. The Morgan fingerprint density at radius 2 is 1.70 bits per heavy atom. The van der Waals surface area contributed by atoms with Gasteiger partial charge in [-0.05, 0) is 70.7 Å². The fourth-order valence-electron chi connectivity index (χ4n) is 3.64. The van der Waals surface area contributed by atoms with Crippen LogP contribution in [0, 0.1) is 0 Å². The maximum atomic E-state index is 13.7. The first-order valence-electron chi connectivity index (χ1n) is 11.8. The topological polar surface area (TPSA) is 58.6 Å². The molecule has 0 saturated heterocycles. The molecule has 3 aromatic rings. The van der Waals surface area contributed by atoms with E-state index in [0.717, 1.165) is 17.5 Å². The summed E-state index contributed by atoms with van der Waals surface area (Å²) < 4.78 is 6.45. The van der Waals surface area contributed by atoms with E-state index < -0.39 is 6.04 Å². The SMILES string of the molecule is CC[C@H](C)NC(=O)[C@H](Cc1ccccc1)N(Cc1ccc(Cl)c(Cl)c1)C(=O)COc1ccc(Cl)cc1Br. The van der Waals surface area contributed by atoms with Crippen molar-refractivity contribution >= 4 is 62.5 Å². The van der Waals surface area contributed by atoms with Crippen LogP contribution in [0.1, 0.15) is 31.4 Å². The molecule has 0 radical (unpaired) electrons. The number of rotatable bonds is 11. The minimum Gasteiger partial charge on any atom is -0.483 e. The first-order chi connectivity index (χ1) is 17.7. The molecule has 0 aliphatic heterocycles. The molecule has 2 atom stereocenters. The summed E-state index contributed by atoms with van der Waals surface area (Å²) in [5.74, 6) is -0.122. The Morgan fingerprint density at radius 1 is 0.973 bits per heavy atom. The van der Waals surface area contributed by atoms with Crippen LogP contribution in [-0.2, 0) is 22.6 Å². The zero-order valence-electron chi connectivity index (χ0n) is 20.5. The summed E-state index contributed by atoms with van der Waals surface area (Å²) in [5, 5.41) is 4.36. The third-order valence-corrected chi connectivity index (χ3v) is 7.45. The average Bonchev–Trinajstić information content (AvgIpc) is 2.88. The van der Waals surface area contributed by atoms with Crippen LogP contribution in [0.15, 0.2) is 71.2 Å². The number of amides is 2. The van der Waals surface area contributed by atoms with Gasteiger partial charge in [0.1, 0.15) is 11.8 Å². The van der Waals surface area contributed by atoms with Gasteiger partial charge in [0.15, 0.2) is 6.61 Å². The van der Waals surface area contributed by atoms with Crippen molar-refractivity contribution < 1.29 is 14.3 Å². The van der Waals surface area contributed by atoms with Crippen molar-refractivity contribution in [1.29, 1.82) is 0 Å². The van der Waals surface area contributed by atoms with Crippen molar-refractivity contribution in [2.24, 2.45) is 0 Å². The smallest absolute Gasteiger partial charge is 0.261 e. The quantitative estimate of drug-likeness (QED) is 0.242. The highest BCUT2D eigenvalue weighted by molar-refractivity contribution is 9.10. The summed E-state index contributed by atoms with van der Waals surface area (Å²) in [6.07, 6.45) is 1.10. The highest BCUT2D eigenvalue weighted by Gasteiger charge is 2.31. The van der Waals surface area contributed by atoms with Gasteiger partial charge in [0.2, 0.25) is 5.91 Å². The second-order valence-corrected chi connectivity index (χ2v) is 10.8. The van der Waals surface area contributed by atoms with Crippen molar-refractivity contribution in [1.82, 2.24) is 10.2 Å². The molecular formula is C28H28BrCl3N2O3. The van der Waals surface area contributed by atoms with Crippen LogP contribution in [0.4, 0.5) is 0 Å². The van der Waals surface area contributed by atoms with Crippen LogP contribution in [0.25, 0.3) is 0 Å². The lowest BCUT2D eigenvalue weighted by atomic mass is 10.0. The van der Waals surface area contributed by atoms with Gasteiger partial charge in [0, 0.05) is 24.0 Å². The summed E-state index contributed by atoms with van der Waals surface area (Å²) in [7, 11) is 0. The number of halogens is 4. The molecule has 0 saturated carbocycles. The fourth-order valence-corrected chi connectivity index (χ4v) is 4.76. The molecule has 3 aromatic carbocycles. The van der Waals surface area contributed by atoms with E-state index in [-0.39, 0.29) is 31.0 Å². The van der Waals surface area contributed by atoms with Gasteiger partial charge in [-0.3, -0.25) is 9.59 Å². The van der Waals surface area contributed by atoms with Gasteiger partial charge in [-0.2, -0.15) is 0 Å². The van der Waals surface area contributed by atoms with Crippen molar-refractivity contribution in [2.45, 2.75) is 45.3 Å². The van der Waals surface area contributed by atoms with Gasteiger partial charge >= 0.3 is 0 Å². The Morgan fingerprint density at radius 3 is 2.35 bits per heavy atom. The average molecular weight is 627 g/mol. The number of nitrogens with one attached hydrogen (secondary N) is 1. The van der Waals surface area contributed by atoms with Crippen LogP contribution >= 0.6 is 50.7 Å². The van der Waals surface area contributed by atoms with Crippen molar-refractivity contribution in [3.05, 3.63) is 97.4 Å². The lowest BCUT2D eigenvalue weighted by molar-refractivity contribution is -0.143. The van der Waals surface area contributed by atoms with E-state index >= 15 is 0 Å². The van der Waals surface area contributed by atoms with Gasteiger partial charge in [-0.15, -0.1) is 0 Å². The molecule has 0 unspecified atom stereocenters. The van der Waals surface area contributed by atoms with Crippen LogP contribution in [0.5, 0.6) is 5.75 Å². The molecule has 0 spiro atoms. The van der Waals surface area contributed by atoms with E-state index in [2.05, 4.69) is 21.2 Å². The molecule has 196 valence electrons. The number of carbonyl (C=O) groups is 2. The highest BCUT2D eigenvalue weighted by Crippen LogP contribution is 2.28. The van der Waals surface area contributed by atoms with E-state index in [1.165, 1.54) is 4.90 Å². The number of benzene rings is 3. The van der Waals surface area contributed by atoms with Crippen molar-refractivity contribution in [3.63, 3.8) is 0 Å². The number of nitrogens with zero attached hydrogens (tertiary/aromatic N) is 1. The normalized spacial score (nSPS) is 12.5. The minimum atomic E-state index is -0.782. The standard InChI is InChI=1S/C28H28BrCl3N2O3/c1-3-18(2)33-28(36)25(14-19-7-5-4-6-8-19)34(16-20-9-11-23(31)24(32)13-20)27(35)17-37-26-12-10-21(30)15-22(26)29/h4-13,15,18,25H,3,14,16-17H2,1-2H3,(H,33,36)/t18-,25-/m0/s1. The lowest BCUT2D eigenvalue weighted by Crippen LogP contribution is -2.53. The predicted molar refractivity (Wildman–Crippen MR) is 153 cm³/mol. The molecule has 0 bridgehead atoms. The Labute approximate surface area is 241 Å². The Bertz CT molecular complexity index is 1230. The molecule has 0 aliphatic rings. The largest absolute Gasteiger partial charge is 0.483 e. The van der Waals surface area contributed by atoms with E-state index in [9.17, 15) is 9.59 Å². The molecule has 0 aliphatic carbocycles. The summed E-state index contributed by atoms with van der Waals surface area (Å²) in [4.78, 5) is 28.7. The fraction of sp³-hybridized carbons (Fsp3) is 0.286. The number of hydrogen-bond acceptors (Lipinski definition) is 3. The summed E-state index contributed by atoms with van der Waals surface area (Å²) in [6.45, 7) is 3.80. The second kappa shape index (κ2) is 14.1. The maximum absolute atomic E-state index is 13.7. The van der Waals surface area contributed by atoms with Gasteiger partial charge in [0.25, 0.3) is 5.91 Å². The lowest BCUT2D eigenvalue weighted by Gasteiger charge is -2.32. The third kappa shape index (κ3) is 8.64. The molecule has 9 heteroatoms. The van der Waals surface area contributed by atoms with E-state index in [4.69, 9.17) is 39.5 Å². The molecule has 5 nitrogen and oxygen atoms in total. The van der Waals surface area contributed by atoms with Crippen LogP contribution in [-0.4, -0.2) is 35.4 Å². The number of carbonyl (C=O) groups excluding carboxylic acids is 2. The second-order valence-electron chi connectivity index (χ2n) is 8.66. The van der Waals surface area contributed by atoms with E-state index in [1.807, 2.05) is 44.2 Å². The summed E-state index contributed by atoms with van der Waals surface area (Å²) >= 11 is 21.8. The van der Waals surface area contributed by atoms with Crippen LogP contribution < -0.4 is 10.1 Å². The van der Waals surface area contributed by atoms with Crippen LogP contribution in [0.2, 0.25) is 15.1 Å². The van der Waals surface area contributed by atoms with Gasteiger partial charge < -0.3 is 15.0 Å². The summed E-state index contributed by atoms with van der Waals surface area (Å²) in [5.41, 5.74) is 1.67. The maximum Gasteiger partial charge on any atom is 0.261 e. The number of ether oxygens (including phenoxy) is 1. The van der Waals surface area contributed by atoms with Gasteiger partial charge in [-0.25, -0.2) is 0 Å². The number of hydrogen-bond donors (Lipinski definition) is 1. The van der Waals surface area contributed by atoms with Crippen LogP contribution in [0.3, 0.4) is 0 Å². The van der Waals surface area contributed by atoms with E-state index in [0.29, 0.717) is 31.7 Å². The zero-order chi connectivity index (χ0) is 26.9. The Kier molecular flexibility index (Phi) is 11.1. The molecule has 3 rings (SSSR count). The first kappa shape index (κ1) is 29.3. The van der Waals surface area contributed by atoms with Crippen molar-refractivity contribution in [3.8, 4) is 5.75 Å². The molecule has 37 heavy (non-hydrogen) atoms. The third-order valence-electron chi connectivity index (χ3n) is 5.85.